The lowest BCUT2D eigenvalue weighted by atomic mass is 9.83. The third kappa shape index (κ3) is 3.51. The van der Waals surface area contributed by atoms with Crippen LogP contribution in [0.15, 0.2) is 23.9 Å². The van der Waals surface area contributed by atoms with Crippen LogP contribution in [-0.4, -0.2) is 51.3 Å². The van der Waals surface area contributed by atoms with Crippen LogP contribution in [0.25, 0.3) is 6.08 Å². The van der Waals surface area contributed by atoms with Crippen LogP contribution in [-0.2, 0) is 9.59 Å². The van der Waals surface area contributed by atoms with Gasteiger partial charge in [0, 0.05) is 23.8 Å². The van der Waals surface area contributed by atoms with E-state index in [0.717, 1.165) is 12.8 Å². The third-order valence-corrected chi connectivity index (χ3v) is 5.41. The van der Waals surface area contributed by atoms with Gasteiger partial charge in [0.1, 0.15) is 6.04 Å². The van der Waals surface area contributed by atoms with Gasteiger partial charge in [-0.15, -0.1) is 0 Å². The van der Waals surface area contributed by atoms with Gasteiger partial charge < -0.3 is 15.7 Å². The van der Waals surface area contributed by atoms with E-state index in [1.165, 1.54) is 4.90 Å². The molecule has 3 heterocycles. The zero-order valence-electron chi connectivity index (χ0n) is 15.6. The Bertz CT molecular complexity index is 815. The molecule has 3 N–H and O–H groups in total. The van der Waals surface area contributed by atoms with Crippen molar-refractivity contribution in [3.05, 3.63) is 35.2 Å². The molecule has 0 aliphatic carbocycles. The minimum absolute atomic E-state index is 0.0278. The molecule has 2 aliphatic heterocycles. The number of rotatable bonds is 7. The molecule has 0 spiro atoms. The molecule has 1 aromatic heterocycles. The molecule has 1 aromatic rings. The number of nitrogens with two attached hydrogens (primary N) is 1. The number of hydrogen-bond acceptors (Lipinski definition) is 5. The lowest BCUT2D eigenvalue weighted by Gasteiger charge is -2.40. The topological polar surface area (TPSA) is 114 Å². The Morgan fingerprint density at radius 2 is 2.15 bits per heavy atom. The zero-order valence-corrected chi connectivity index (χ0v) is 15.6. The zero-order chi connectivity index (χ0) is 19.8. The maximum Gasteiger partial charge on any atom is 0.327 e. The standard InChI is InChI=1S/C20H25N3O4/c1-20(2)11-15-14(18(25)23(15)17(20)19(26)27)10-13-9-12(6-8-22-13)16(24)5-3-4-7-21/h6,8-10,15,17H,3-5,7,11,21H2,1-2H3,(H,26,27)/b14-10+/t15?,17-/m0/s1. The van der Waals surface area contributed by atoms with Crippen LogP contribution in [0.2, 0.25) is 0 Å². The molecule has 0 bridgehead atoms. The van der Waals surface area contributed by atoms with Crippen molar-refractivity contribution in [2.24, 2.45) is 11.1 Å². The Kier molecular flexibility index (Phi) is 5.15. The molecule has 0 radical (unpaired) electrons. The predicted octanol–water partition coefficient (Wildman–Crippen LogP) is 1.87. The molecule has 1 unspecified atom stereocenters. The van der Waals surface area contributed by atoms with Gasteiger partial charge in [-0.1, -0.05) is 13.8 Å². The van der Waals surface area contributed by atoms with Gasteiger partial charge in [0.25, 0.3) is 5.91 Å². The van der Waals surface area contributed by atoms with Crippen molar-refractivity contribution in [1.82, 2.24) is 9.88 Å². The van der Waals surface area contributed by atoms with E-state index in [9.17, 15) is 19.5 Å². The van der Waals surface area contributed by atoms with Gasteiger partial charge in [-0.2, -0.15) is 0 Å². The average Bonchev–Trinajstić information content (AvgIpc) is 2.88. The number of pyridine rings is 1. The van der Waals surface area contributed by atoms with E-state index in [-0.39, 0.29) is 17.7 Å². The van der Waals surface area contributed by atoms with Crippen LogP contribution in [0, 0.1) is 5.41 Å². The fourth-order valence-corrected chi connectivity index (χ4v) is 4.05. The van der Waals surface area contributed by atoms with Crippen molar-refractivity contribution in [2.75, 3.05) is 6.54 Å². The summed E-state index contributed by atoms with van der Waals surface area (Å²) >= 11 is 0. The summed E-state index contributed by atoms with van der Waals surface area (Å²) in [6.45, 7) is 4.30. The molecule has 7 nitrogen and oxygen atoms in total. The van der Waals surface area contributed by atoms with E-state index in [1.807, 2.05) is 13.8 Å². The van der Waals surface area contributed by atoms with Gasteiger partial charge in [-0.3, -0.25) is 14.6 Å². The monoisotopic (exact) mass is 371 g/mol. The molecular weight excluding hydrogens is 346 g/mol. The van der Waals surface area contributed by atoms with E-state index in [2.05, 4.69) is 4.98 Å². The van der Waals surface area contributed by atoms with Gasteiger partial charge in [0.2, 0.25) is 0 Å². The van der Waals surface area contributed by atoms with Crippen molar-refractivity contribution in [3.63, 3.8) is 0 Å². The van der Waals surface area contributed by atoms with Gasteiger partial charge in [0.15, 0.2) is 5.78 Å². The van der Waals surface area contributed by atoms with E-state index in [1.54, 1.807) is 24.4 Å². The Morgan fingerprint density at radius 1 is 1.41 bits per heavy atom. The van der Waals surface area contributed by atoms with Crippen molar-refractivity contribution in [2.45, 2.75) is 51.6 Å². The number of carbonyl (C=O) groups is 3. The van der Waals surface area contributed by atoms with Crippen molar-refractivity contribution >= 4 is 23.7 Å². The first-order valence-corrected chi connectivity index (χ1v) is 9.22. The lowest BCUT2D eigenvalue weighted by molar-refractivity contribution is -0.154. The van der Waals surface area contributed by atoms with E-state index < -0.39 is 17.4 Å². The largest absolute Gasteiger partial charge is 0.480 e. The molecule has 1 amide bonds. The van der Waals surface area contributed by atoms with Gasteiger partial charge in [0.05, 0.1) is 11.7 Å². The molecule has 27 heavy (non-hydrogen) atoms. The van der Waals surface area contributed by atoms with E-state index in [4.69, 9.17) is 5.73 Å². The molecular formula is C20H25N3O4. The Morgan fingerprint density at radius 3 is 2.81 bits per heavy atom. The highest BCUT2D eigenvalue weighted by Crippen LogP contribution is 2.49. The molecule has 0 aromatic carbocycles. The maximum atomic E-state index is 12.5. The molecule has 2 atom stereocenters. The second-order valence-electron chi connectivity index (χ2n) is 7.90. The normalized spacial score (nSPS) is 24.6. The number of Topliss-reactive ketones (excluding diaryl/α,β-unsaturated/α-hetero) is 1. The third-order valence-electron chi connectivity index (χ3n) is 5.41. The van der Waals surface area contributed by atoms with E-state index >= 15 is 0 Å². The summed E-state index contributed by atoms with van der Waals surface area (Å²) in [5.41, 5.74) is 6.63. The number of carboxylic acids is 1. The fraction of sp³-hybridized carbons (Fsp3) is 0.500. The summed E-state index contributed by atoms with van der Waals surface area (Å²) in [5.74, 6) is -1.21. The summed E-state index contributed by atoms with van der Waals surface area (Å²) in [7, 11) is 0. The predicted molar refractivity (Wildman–Crippen MR) is 99.9 cm³/mol. The van der Waals surface area contributed by atoms with Crippen molar-refractivity contribution in [1.29, 1.82) is 0 Å². The van der Waals surface area contributed by atoms with Crippen LogP contribution >= 0.6 is 0 Å². The van der Waals surface area contributed by atoms with Crippen LogP contribution in [0.3, 0.4) is 0 Å². The first-order valence-electron chi connectivity index (χ1n) is 9.22. The number of carbonyl (C=O) groups excluding carboxylic acids is 2. The van der Waals surface area contributed by atoms with E-state index in [0.29, 0.717) is 36.2 Å². The highest BCUT2D eigenvalue weighted by atomic mass is 16.4. The number of carboxylic acid groups (broad SMARTS) is 1. The lowest BCUT2D eigenvalue weighted by Crippen LogP contribution is -2.57. The van der Waals surface area contributed by atoms with Gasteiger partial charge in [-0.25, -0.2) is 4.79 Å². The van der Waals surface area contributed by atoms with Crippen LogP contribution in [0.1, 0.15) is 55.6 Å². The average molecular weight is 371 g/mol. The van der Waals surface area contributed by atoms with Crippen molar-refractivity contribution in [3.8, 4) is 0 Å². The van der Waals surface area contributed by atoms with Crippen LogP contribution in [0.5, 0.6) is 0 Å². The molecule has 2 saturated heterocycles. The number of amides is 1. The second-order valence-corrected chi connectivity index (χ2v) is 7.90. The molecule has 2 aliphatic rings. The fourth-order valence-electron chi connectivity index (χ4n) is 4.05. The number of ketones is 1. The number of aliphatic carboxylic acids is 1. The number of fused-ring (bicyclic) bond motifs is 1. The minimum atomic E-state index is -0.974. The summed E-state index contributed by atoms with van der Waals surface area (Å²) in [4.78, 5) is 42.1. The van der Waals surface area contributed by atoms with Crippen LogP contribution in [0.4, 0.5) is 0 Å². The van der Waals surface area contributed by atoms with Crippen LogP contribution < -0.4 is 5.73 Å². The molecule has 2 fully saturated rings. The number of nitrogens with zero attached hydrogens (tertiary/aromatic N) is 2. The van der Waals surface area contributed by atoms with Crippen molar-refractivity contribution < 1.29 is 19.5 Å². The van der Waals surface area contributed by atoms with Gasteiger partial charge in [-0.05, 0) is 49.4 Å². The molecule has 144 valence electrons. The summed E-state index contributed by atoms with van der Waals surface area (Å²) < 4.78 is 0. The summed E-state index contributed by atoms with van der Waals surface area (Å²) in [6, 6.07) is 2.33. The summed E-state index contributed by atoms with van der Waals surface area (Å²) in [5, 5.41) is 9.48. The number of β-lactam (4-membered cyclic amide) rings is 1. The second kappa shape index (κ2) is 7.23. The molecule has 3 rings (SSSR count). The molecule has 0 saturated carbocycles. The van der Waals surface area contributed by atoms with Gasteiger partial charge >= 0.3 is 5.97 Å². The Hall–Kier alpha value is -2.54. The Balaban J connectivity index is 1.79. The number of aromatic nitrogens is 1. The Labute approximate surface area is 158 Å². The highest BCUT2D eigenvalue weighted by Gasteiger charge is 2.60. The minimum Gasteiger partial charge on any atom is -0.480 e. The first-order chi connectivity index (χ1) is 12.8. The number of unbranched alkanes of at least 4 members (excludes halogenated alkanes) is 1. The summed E-state index contributed by atoms with van der Waals surface area (Å²) in [6.07, 6.45) is 5.82. The maximum absolute atomic E-state index is 12.5. The molecule has 7 heteroatoms. The SMILES string of the molecule is CC1(C)CC2/C(=C\c3cc(C(=O)CCCCN)ccn3)C(=O)N2[C@H]1C(=O)O. The first kappa shape index (κ1) is 19.2. The quantitative estimate of drug-likeness (QED) is 0.327. The smallest absolute Gasteiger partial charge is 0.327 e. The number of hydrogen-bond donors (Lipinski definition) is 2. The highest BCUT2D eigenvalue weighted by molar-refractivity contribution is 6.08.